The summed E-state index contributed by atoms with van der Waals surface area (Å²) in [6.45, 7) is 6.26. The first-order valence-electron chi connectivity index (χ1n) is 7.42. The van der Waals surface area contributed by atoms with Crippen molar-refractivity contribution in [3.8, 4) is 5.69 Å². The van der Waals surface area contributed by atoms with Gasteiger partial charge in [0.05, 0.1) is 11.1 Å². The molecular formula is C15H23ClN6O. The molecule has 0 unspecified atom stereocenters. The average Bonchev–Trinajstić information content (AvgIpc) is 3.06. The number of anilines is 1. The Labute approximate surface area is 142 Å². The molecule has 1 amide bonds. The van der Waals surface area contributed by atoms with Crippen molar-refractivity contribution in [3.05, 3.63) is 30.1 Å². The maximum absolute atomic E-state index is 12.6. The van der Waals surface area contributed by atoms with E-state index in [-0.39, 0.29) is 18.3 Å². The summed E-state index contributed by atoms with van der Waals surface area (Å²) < 4.78 is 1.57. The van der Waals surface area contributed by atoms with E-state index in [9.17, 15) is 4.79 Å². The first kappa shape index (κ1) is 19.1. The number of nitrogens with zero attached hydrogens (tertiary/aromatic N) is 4. The zero-order valence-corrected chi connectivity index (χ0v) is 14.4. The van der Waals surface area contributed by atoms with Gasteiger partial charge in [-0.3, -0.25) is 4.79 Å². The largest absolute Gasteiger partial charge is 0.329 e. The zero-order valence-electron chi connectivity index (χ0n) is 13.6. The van der Waals surface area contributed by atoms with Crippen molar-refractivity contribution in [3.63, 3.8) is 0 Å². The highest BCUT2D eigenvalue weighted by atomic mass is 35.5. The average molecular weight is 339 g/mol. The summed E-state index contributed by atoms with van der Waals surface area (Å²) in [5, 5.41) is 14.1. The van der Waals surface area contributed by atoms with Gasteiger partial charge in [-0.1, -0.05) is 19.9 Å². The van der Waals surface area contributed by atoms with E-state index in [1.165, 1.54) is 6.33 Å². The molecule has 23 heavy (non-hydrogen) atoms. The van der Waals surface area contributed by atoms with Crippen LogP contribution in [0.1, 0.15) is 32.3 Å². The van der Waals surface area contributed by atoms with Gasteiger partial charge >= 0.3 is 0 Å². The quantitative estimate of drug-likeness (QED) is 0.840. The Bertz CT molecular complexity index is 631. The third-order valence-corrected chi connectivity index (χ3v) is 4.29. The fraction of sp³-hybridized carbons (Fsp3) is 0.467. The number of hydrogen-bond donors (Lipinski definition) is 2. The number of benzene rings is 1. The number of tetrazole rings is 1. The molecule has 0 radical (unpaired) electrons. The molecule has 2 aromatic rings. The van der Waals surface area contributed by atoms with Gasteiger partial charge in [0.25, 0.3) is 0 Å². The number of carbonyl (C=O) groups excluding carboxylic acids is 1. The number of nitrogens with two attached hydrogens (primary N) is 1. The number of hydrogen-bond acceptors (Lipinski definition) is 5. The second kappa shape index (κ2) is 8.03. The lowest BCUT2D eigenvalue weighted by molar-refractivity contribution is -0.125. The lowest BCUT2D eigenvalue weighted by Crippen LogP contribution is -2.41. The molecule has 3 N–H and O–H groups in total. The van der Waals surface area contributed by atoms with Gasteiger partial charge in [0, 0.05) is 12.2 Å². The van der Waals surface area contributed by atoms with Gasteiger partial charge in [0.15, 0.2) is 0 Å². The summed E-state index contributed by atoms with van der Waals surface area (Å²) in [5.74, 6) is -0.0495. The minimum absolute atomic E-state index is 0. The van der Waals surface area contributed by atoms with Crippen LogP contribution in [-0.2, 0) is 4.79 Å². The Hall–Kier alpha value is -1.99. The molecule has 7 nitrogen and oxygen atoms in total. The smallest absolute Gasteiger partial charge is 0.231 e. The van der Waals surface area contributed by atoms with Crippen LogP contribution >= 0.6 is 12.4 Å². The van der Waals surface area contributed by atoms with Gasteiger partial charge in [-0.25, -0.2) is 4.68 Å². The fourth-order valence-electron chi connectivity index (χ4n) is 2.42. The molecule has 0 atom stereocenters. The molecule has 1 heterocycles. The van der Waals surface area contributed by atoms with Gasteiger partial charge in [0.1, 0.15) is 6.33 Å². The maximum atomic E-state index is 12.6. The highest BCUT2D eigenvalue weighted by molar-refractivity contribution is 5.95. The molecule has 1 aromatic carbocycles. The molecule has 126 valence electrons. The zero-order chi connectivity index (χ0) is 16.2. The van der Waals surface area contributed by atoms with Crippen LogP contribution in [0.4, 0.5) is 5.69 Å². The van der Waals surface area contributed by atoms with Crippen molar-refractivity contribution in [1.29, 1.82) is 0 Å². The van der Waals surface area contributed by atoms with E-state index in [1.54, 1.807) is 4.68 Å². The van der Waals surface area contributed by atoms with Crippen molar-refractivity contribution in [1.82, 2.24) is 20.2 Å². The van der Waals surface area contributed by atoms with E-state index < -0.39 is 5.41 Å². The Morgan fingerprint density at radius 2 is 2.04 bits per heavy atom. The standard InChI is InChI=1S/C15H22N6O.ClH/c1-4-15(5-2,9-16)14(22)18-12-7-6-11(3)13(8-12)21-10-17-19-20-21;/h6-8,10H,4-5,9,16H2,1-3H3,(H,18,22);1H. The Morgan fingerprint density at radius 3 is 2.57 bits per heavy atom. The lowest BCUT2D eigenvalue weighted by Gasteiger charge is -2.28. The summed E-state index contributed by atoms with van der Waals surface area (Å²) in [5.41, 5.74) is 7.85. The predicted molar refractivity (Wildman–Crippen MR) is 91.8 cm³/mol. The number of halogens is 1. The number of aryl methyl sites for hydroxylation is 1. The van der Waals surface area contributed by atoms with Gasteiger partial charge in [-0.2, -0.15) is 0 Å². The molecule has 0 fully saturated rings. The van der Waals surface area contributed by atoms with E-state index in [2.05, 4.69) is 20.8 Å². The van der Waals surface area contributed by atoms with Crippen LogP contribution in [-0.4, -0.2) is 32.7 Å². The van der Waals surface area contributed by atoms with Gasteiger partial charge in [-0.15, -0.1) is 17.5 Å². The van der Waals surface area contributed by atoms with Crippen LogP contribution in [0, 0.1) is 12.3 Å². The normalized spacial score (nSPS) is 11.0. The van der Waals surface area contributed by atoms with Crippen LogP contribution in [0.15, 0.2) is 24.5 Å². The van der Waals surface area contributed by atoms with Crippen molar-refractivity contribution in [2.75, 3.05) is 11.9 Å². The van der Waals surface area contributed by atoms with Crippen LogP contribution in [0.3, 0.4) is 0 Å². The molecule has 1 aromatic heterocycles. The predicted octanol–water partition coefficient (Wildman–Crippen LogP) is 2.10. The Kier molecular flexibility index (Phi) is 6.65. The van der Waals surface area contributed by atoms with Gasteiger partial charge in [0.2, 0.25) is 5.91 Å². The molecular weight excluding hydrogens is 316 g/mol. The van der Waals surface area contributed by atoms with E-state index >= 15 is 0 Å². The first-order valence-corrected chi connectivity index (χ1v) is 7.42. The van der Waals surface area contributed by atoms with E-state index in [0.29, 0.717) is 25.1 Å². The van der Waals surface area contributed by atoms with Crippen LogP contribution in [0.5, 0.6) is 0 Å². The number of aromatic nitrogens is 4. The summed E-state index contributed by atoms with van der Waals surface area (Å²) >= 11 is 0. The van der Waals surface area contributed by atoms with E-state index in [1.807, 2.05) is 39.0 Å². The summed E-state index contributed by atoms with van der Waals surface area (Å²) in [6.07, 6.45) is 2.94. The summed E-state index contributed by atoms with van der Waals surface area (Å²) in [6, 6.07) is 5.65. The van der Waals surface area contributed by atoms with Gasteiger partial charge < -0.3 is 11.1 Å². The second-order valence-electron chi connectivity index (χ2n) is 5.40. The minimum Gasteiger partial charge on any atom is -0.329 e. The van der Waals surface area contributed by atoms with Crippen molar-refractivity contribution >= 4 is 24.0 Å². The molecule has 0 spiro atoms. The monoisotopic (exact) mass is 338 g/mol. The molecule has 0 saturated carbocycles. The number of carbonyl (C=O) groups is 1. The molecule has 8 heteroatoms. The SMILES string of the molecule is CCC(CC)(CN)C(=O)Nc1ccc(C)c(-n2cnnn2)c1.Cl. The van der Waals surface area contributed by atoms with Crippen LogP contribution in [0.2, 0.25) is 0 Å². The summed E-state index contributed by atoms with van der Waals surface area (Å²) in [7, 11) is 0. The van der Waals surface area contributed by atoms with Crippen molar-refractivity contribution < 1.29 is 4.79 Å². The third kappa shape index (κ3) is 3.86. The lowest BCUT2D eigenvalue weighted by atomic mass is 9.81. The first-order chi connectivity index (χ1) is 10.6. The van der Waals surface area contributed by atoms with Crippen molar-refractivity contribution in [2.24, 2.45) is 11.1 Å². The number of amides is 1. The number of nitrogens with one attached hydrogen (secondary N) is 1. The maximum Gasteiger partial charge on any atom is 0.231 e. The molecule has 2 rings (SSSR count). The molecule has 0 aliphatic heterocycles. The highest BCUT2D eigenvalue weighted by Gasteiger charge is 2.33. The van der Waals surface area contributed by atoms with E-state index in [0.717, 1.165) is 11.3 Å². The topological polar surface area (TPSA) is 98.7 Å². The van der Waals surface area contributed by atoms with Crippen LogP contribution in [0.25, 0.3) is 5.69 Å². The van der Waals surface area contributed by atoms with Gasteiger partial charge in [-0.05, 0) is 47.9 Å². The summed E-state index contributed by atoms with van der Waals surface area (Å²) in [4.78, 5) is 12.6. The number of rotatable bonds is 6. The molecule has 0 aliphatic rings. The second-order valence-corrected chi connectivity index (χ2v) is 5.40. The highest BCUT2D eigenvalue weighted by Crippen LogP contribution is 2.27. The fourth-order valence-corrected chi connectivity index (χ4v) is 2.42. The van der Waals surface area contributed by atoms with Crippen LogP contribution < -0.4 is 11.1 Å². The minimum atomic E-state index is -0.528. The third-order valence-electron chi connectivity index (χ3n) is 4.29. The van der Waals surface area contributed by atoms with Crippen molar-refractivity contribution in [2.45, 2.75) is 33.6 Å². The Balaban J connectivity index is 0.00000264. The van der Waals surface area contributed by atoms with E-state index in [4.69, 9.17) is 5.73 Å². The molecule has 0 bridgehead atoms. The molecule has 0 saturated heterocycles. The Morgan fingerprint density at radius 1 is 1.35 bits per heavy atom. The molecule has 0 aliphatic carbocycles.